The van der Waals surface area contributed by atoms with Crippen molar-refractivity contribution < 1.29 is 14.3 Å². The van der Waals surface area contributed by atoms with Crippen molar-refractivity contribution in [3.63, 3.8) is 0 Å². The molecule has 0 N–H and O–H groups in total. The minimum absolute atomic E-state index is 0.0230. The molecule has 3 heterocycles. The molecule has 0 bridgehead atoms. The first-order valence-electron chi connectivity index (χ1n) is 9.58. The number of benzene rings is 1. The van der Waals surface area contributed by atoms with Crippen LogP contribution in [0.15, 0.2) is 36.4 Å². The molecule has 1 aromatic heterocycles. The van der Waals surface area contributed by atoms with Gasteiger partial charge in [0.15, 0.2) is 11.6 Å². The molecule has 5 nitrogen and oxygen atoms in total. The minimum Gasteiger partial charge on any atom is -0.492 e. The summed E-state index contributed by atoms with van der Waals surface area (Å²) in [5.41, 5.74) is 2.80. The van der Waals surface area contributed by atoms with Crippen LogP contribution in [0.2, 0.25) is 0 Å². The Labute approximate surface area is 159 Å². The third-order valence-electron chi connectivity index (χ3n) is 5.51. The highest BCUT2D eigenvalue weighted by Gasteiger charge is 2.26. The number of Topliss-reactive ketones (excluding diaryl/α,β-unsaturated/α-hetero) is 2. The number of hydrogen-bond acceptors (Lipinski definition) is 5. The summed E-state index contributed by atoms with van der Waals surface area (Å²) < 4.78 is 5.64. The standard InChI is InChI=1S/C22H24N2O3/c1-24-11-8-15(9-12-24)21(26)19-7-3-5-17(23-19)14-20(25)18-6-2-4-16-10-13-27-22(16)18/h2-7,15H,8-14H2,1H3. The number of ether oxygens (including phenoxy) is 1. The molecule has 2 aliphatic heterocycles. The van der Waals surface area contributed by atoms with Crippen molar-refractivity contribution in [1.82, 2.24) is 9.88 Å². The molecule has 4 rings (SSSR count). The molecule has 27 heavy (non-hydrogen) atoms. The van der Waals surface area contributed by atoms with Gasteiger partial charge in [-0.3, -0.25) is 9.59 Å². The number of nitrogens with zero attached hydrogens (tertiary/aromatic N) is 2. The smallest absolute Gasteiger partial charge is 0.184 e. The largest absolute Gasteiger partial charge is 0.492 e. The molecule has 0 unspecified atom stereocenters. The maximum absolute atomic E-state index is 12.8. The maximum atomic E-state index is 12.8. The van der Waals surface area contributed by atoms with Crippen molar-refractivity contribution in [2.24, 2.45) is 5.92 Å². The van der Waals surface area contributed by atoms with Crippen LogP contribution in [0.3, 0.4) is 0 Å². The topological polar surface area (TPSA) is 59.5 Å². The predicted octanol–water partition coefficient (Wildman–Crippen LogP) is 2.97. The Kier molecular flexibility index (Phi) is 5.03. The fourth-order valence-electron chi connectivity index (χ4n) is 3.89. The lowest BCUT2D eigenvalue weighted by Crippen LogP contribution is -2.33. The summed E-state index contributed by atoms with van der Waals surface area (Å²) in [6.45, 7) is 2.50. The Hall–Kier alpha value is -2.53. The average molecular weight is 364 g/mol. The van der Waals surface area contributed by atoms with Crippen LogP contribution >= 0.6 is 0 Å². The SMILES string of the molecule is CN1CCC(C(=O)c2cccc(CC(=O)c3cccc4c3OCC4)n2)CC1. The highest BCUT2D eigenvalue weighted by Crippen LogP contribution is 2.30. The molecular formula is C22H24N2O3. The number of likely N-dealkylation sites (tertiary alicyclic amines) is 1. The Morgan fingerprint density at radius 2 is 1.93 bits per heavy atom. The van der Waals surface area contributed by atoms with Gasteiger partial charge in [0.25, 0.3) is 0 Å². The van der Waals surface area contributed by atoms with Crippen molar-refractivity contribution in [2.45, 2.75) is 25.7 Å². The van der Waals surface area contributed by atoms with Gasteiger partial charge in [-0.1, -0.05) is 18.2 Å². The zero-order valence-electron chi connectivity index (χ0n) is 15.6. The zero-order chi connectivity index (χ0) is 18.8. The van der Waals surface area contributed by atoms with Crippen molar-refractivity contribution in [1.29, 1.82) is 0 Å². The van der Waals surface area contributed by atoms with E-state index in [2.05, 4.69) is 16.9 Å². The highest BCUT2D eigenvalue weighted by atomic mass is 16.5. The fourth-order valence-corrected chi connectivity index (χ4v) is 3.89. The van der Waals surface area contributed by atoms with E-state index in [1.807, 2.05) is 24.3 Å². The summed E-state index contributed by atoms with van der Waals surface area (Å²) in [4.78, 5) is 32.3. The van der Waals surface area contributed by atoms with E-state index in [4.69, 9.17) is 4.74 Å². The normalized spacial score (nSPS) is 17.4. The van der Waals surface area contributed by atoms with Gasteiger partial charge in [-0.05, 0) is 56.7 Å². The first kappa shape index (κ1) is 17.9. The molecule has 1 aromatic carbocycles. The molecule has 0 radical (unpaired) electrons. The number of fused-ring (bicyclic) bond motifs is 1. The van der Waals surface area contributed by atoms with Gasteiger partial charge in [0.05, 0.1) is 18.6 Å². The molecular weight excluding hydrogens is 340 g/mol. The summed E-state index contributed by atoms with van der Waals surface area (Å²) in [5.74, 6) is 0.818. The molecule has 0 saturated carbocycles. The van der Waals surface area contributed by atoms with Crippen LogP contribution in [0.25, 0.3) is 0 Å². The Morgan fingerprint density at radius 1 is 1.15 bits per heavy atom. The second-order valence-corrected chi connectivity index (χ2v) is 7.45. The van der Waals surface area contributed by atoms with Crippen molar-refractivity contribution in [3.05, 3.63) is 58.9 Å². The third-order valence-corrected chi connectivity index (χ3v) is 5.51. The van der Waals surface area contributed by atoms with Crippen LogP contribution in [0, 0.1) is 5.92 Å². The number of carbonyl (C=O) groups excluding carboxylic acids is 2. The molecule has 140 valence electrons. The van der Waals surface area contributed by atoms with E-state index in [0.29, 0.717) is 29.3 Å². The van der Waals surface area contributed by atoms with E-state index < -0.39 is 0 Å². The number of carbonyl (C=O) groups is 2. The molecule has 0 amide bonds. The Balaban J connectivity index is 1.49. The van der Waals surface area contributed by atoms with E-state index in [1.54, 1.807) is 12.1 Å². The second kappa shape index (κ2) is 7.61. The molecule has 0 aliphatic carbocycles. The number of piperidine rings is 1. The third kappa shape index (κ3) is 3.78. The fraction of sp³-hybridized carbons (Fsp3) is 0.409. The van der Waals surface area contributed by atoms with E-state index in [0.717, 1.165) is 37.9 Å². The van der Waals surface area contributed by atoms with Gasteiger partial charge in [0.2, 0.25) is 0 Å². The number of ketones is 2. The summed E-state index contributed by atoms with van der Waals surface area (Å²) in [7, 11) is 2.08. The van der Waals surface area contributed by atoms with Gasteiger partial charge in [-0.15, -0.1) is 0 Å². The number of hydrogen-bond donors (Lipinski definition) is 0. The molecule has 1 fully saturated rings. The van der Waals surface area contributed by atoms with Gasteiger partial charge >= 0.3 is 0 Å². The monoisotopic (exact) mass is 364 g/mol. The summed E-state index contributed by atoms with van der Waals surface area (Å²) in [5, 5.41) is 0. The Bertz CT molecular complexity index is 870. The lowest BCUT2D eigenvalue weighted by atomic mass is 9.91. The van der Waals surface area contributed by atoms with Crippen LogP contribution in [0.1, 0.15) is 44.9 Å². The van der Waals surface area contributed by atoms with E-state index in [-0.39, 0.29) is 23.9 Å². The van der Waals surface area contributed by atoms with Crippen molar-refractivity contribution in [2.75, 3.05) is 26.7 Å². The van der Waals surface area contributed by atoms with Crippen molar-refractivity contribution >= 4 is 11.6 Å². The molecule has 5 heteroatoms. The number of aromatic nitrogens is 1. The number of pyridine rings is 1. The van der Waals surface area contributed by atoms with Gasteiger partial charge in [0, 0.05) is 18.0 Å². The zero-order valence-corrected chi connectivity index (χ0v) is 15.6. The van der Waals surface area contributed by atoms with Gasteiger partial charge in [-0.2, -0.15) is 0 Å². The molecule has 1 saturated heterocycles. The van der Waals surface area contributed by atoms with Crippen LogP contribution < -0.4 is 4.74 Å². The van der Waals surface area contributed by atoms with E-state index >= 15 is 0 Å². The van der Waals surface area contributed by atoms with Crippen LogP contribution in [0.4, 0.5) is 0 Å². The first-order valence-corrected chi connectivity index (χ1v) is 9.58. The maximum Gasteiger partial charge on any atom is 0.184 e. The summed E-state index contributed by atoms with van der Waals surface area (Å²) in [6.07, 6.45) is 2.75. The van der Waals surface area contributed by atoms with Crippen LogP contribution in [0.5, 0.6) is 5.75 Å². The van der Waals surface area contributed by atoms with Crippen LogP contribution in [-0.2, 0) is 12.8 Å². The average Bonchev–Trinajstić information content (AvgIpc) is 3.17. The van der Waals surface area contributed by atoms with E-state index in [1.165, 1.54) is 0 Å². The van der Waals surface area contributed by atoms with Crippen molar-refractivity contribution in [3.8, 4) is 5.75 Å². The minimum atomic E-state index is -0.0230. The van der Waals surface area contributed by atoms with Crippen LogP contribution in [-0.4, -0.2) is 48.2 Å². The number of rotatable bonds is 5. The predicted molar refractivity (Wildman–Crippen MR) is 102 cm³/mol. The quantitative estimate of drug-likeness (QED) is 0.764. The van der Waals surface area contributed by atoms with Gasteiger partial charge in [-0.25, -0.2) is 4.98 Å². The van der Waals surface area contributed by atoms with Gasteiger partial charge in [0.1, 0.15) is 11.4 Å². The molecule has 2 aromatic rings. The molecule has 0 spiro atoms. The van der Waals surface area contributed by atoms with Gasteiger partial charge < -0.3 is 9.64 Å². The van der Waals surface area contributed by atoms with E-state index in [9.17, 15) is 9.59 Å². The molecule has 2 aliphatic rings. The lowest BCUT2D eigenvalue weighted by Gasteiger charge is -2.27. The lowest BCUT2D eigenvalue weighted by molar-refractivity contribution is 0.0850. The summed E-state index contributed by atoms with van der Waals surface area (Å²) >= 11 is 0. The highest BCUT2D eigenvalue weighted by molar-refractivity contribution is 6.00. The second-order valence-electron chi connectivity index (χ2n) is 7.45. The first-order chi connectivity index (χ1) is 13.1. The number of para-hydroxylation sites is 1. The molecule has 0 atom stereocenters. The Morgan fingerprint density at radius 3 is 2.74 bits per heavy atom. The summed E-state index contributed by atoms with van der Waals surface area (Å²) in [6, 6.07) is 11.1.